The predicted molar refractivity (Wildman–Crippen MR) is 138 cm³/mol. The van der Waals surface area contributed by atoms with Crippen LogP contribution in [-0.4, -0.2) is 100 Å². The minimum absolute atomic E-state index is 0.412. The molecule has 1 aliphatic rings. The zero-order chi connectivity index (χ0) is 32.5. The summed E-state index contributed by atoms with van der Waals surface area (Å²) in [4.78, 5) is 38.0. The molecule has 17 nitrogen and oxygen atoms in total. The first kappa shape index (κ1) is 31.1. The van der Waals surface area contributed by atoms with Crippen molar-refractivity contribution >= 4 is 17.9 Å². The molecule has 0 radical (unpaired) electrons. The number of aromatic hydroxyl groups is 9. The summed E-state index contributed by atoms with van der Waals surface area (Å²) in [6, 6.07) is 4.60. The van der Waals surface area contributed by atoms with E-state index >= 15 is 0 Å². The summed E-state index contributed by atoms with van der Waals surface area (Å²) in [5.74, 6) is -11.5. The third-order valence-electron chi connectivity index (χ3n) is 6.32. The molecule has 4 rings (SSSR count). The Morgan fingerprint density at radius 1 is 0.591 bits per heavy atom. The molecule has 44 heavy (non-hydrogen) atoms. The lowest BCUT2D eigenvalue weighted by atomic mass is 10.0. The monoisotopic (exact) mass is 620 g/mol. The summed E-state index contributed by atoms with van der Waals surface area (Å²) in [6.45, 7) is -0.747. The molecule has 0 aromatic heterocycles. The van der Waals surface area contributed by atoms with Crippen molar-refractivity contribution in [3.8, 4) is 51.7 Å². The number of phenolic OH excluding ortho intramolecular Hbond substituents is 9. The molecular weight excluding hydrogens is 596 g/mol. The summed E-state index contributed by atoms with van der Waals surface area (Å²) in [7, 11) is 0. The lowest BCUT2D eigenvalue weighted by Crippen LogP contribution is -2.52. The van der Waals surface area contributed by atoms with E-state index in [0.717, 1.165) is 36.4 Å². The van der Waals surface area contributed by atoms with Crippen molar-refractivity contribution in [2.45, 2.75) is 31.0 Å². The number of ether oxygens (including phenoxy) is 4. The number of phenols is 9. The number of hydrogen-bond donors (Lipinski definition) is 10. The Kier molecular flexibility index (Phi) is 8.63. The highest BCUT2D eigenvalue weighted by molar-refractivity contribution is 5.92. The Balaban J connectivity index is 1.55. The van der Waals surface area contributed by atoms with E-state index in [2.05, 4.69) is 0 Å². The lowest BCUT2D eigenvalue weighted by molar-refractivity contribution is -0.250. The molecule has 4 atom stereocenters. The number of aliphatic hydroxyl groups is 1. The van der Waals surface area contributed by atoms with Crippen LogP contribution in [0.15, 0.2) is 36.4 Å². The molecule has 1 saturated heterocycles. The van der Waals surface area contributed by atoms with Gasteiger partial charge in [0.25, 0.3) is 0 Å². The molecule has 3 aromatic carbocycles. The molecule has 1 aliphatic heterocycles. The number of carbonyl (C=O) groups excluding carboxylic acids is 3. The quantitative estimate of drug-likeness (QED) is 0.0990. The first-order valence-electron chi connectivity index (χ1n) is 12.3. The topological polar surface area (TPSA) is 290 Å². The minimum Gasteiger partial charge on any atom is -0.504 e. The summed E-state index contributed by atoms with van der Waals surface area (Å²) < 4.78 is 21.0. The number of aliphatic hydroxyl groups excluding tert-OH is 1. The van der Waals surface area contributed by atoms with Crippen molar-refractivity contribution in [3.63, 3.8) is 0 Å². The Labute approximate surface area is 245 Å². The van der Waals surface area contributed by atoms with Gasteiger partial charge >= 0.3 is 17.9 Å². The maximum atomic E-state index is 12.9. The lowest BCUT2D eigenvalue weighted by Gasteiger charge is -2.38. The fraction of sp³-hybridized carbons (Fsp3) is 0.222. The van der Waals surface area contributed by atoms with Gasteiger partial charge in [-0.1, -0.05) is 0 Å². The van der Waals surface area contributed by atoms with Gasteiger partial charge in [-0.2, -0.15) is 0 Å². The van der Waals surface area contributed by atoms with E-state index in [9.17, 15) is 65.4 Å². The van der Waals surface area contributed by atoms with Crippen molar-refractivity contribution in [3.05, 3.63) is 53.1 Å². The second-order valence-electron chi connectivity index (χ2n) is 9.38. The molecule has 0 spiro atoms. The van der Waals surface area contributed by atoms with Crippen LogP contribution in [0, 0.1) is 0 Å². The van der Waals surface area contributed by atoms with Gasteiger partial charge in [-0.15, -0.1) is 0 Å². The number of esters is 3. The molecule has 4 unspecified atom stereocenters. The molecular formula is C27H24O17. The van der Waals surface area contributed by atoms with Crippen LogP contribution in [-0.2, 0) is 18.9 Å². The van der Waals surface area contributed by atoms with Crippen LogP contribution in [0.3, 0.4) is 0 Å². The van der Waals surface area contributed by atoms with Crippen LogP contribution in [0.25, 0.3) is 0 Å². The highest BCUT2D eigenvalue weighted by Crippen LogP contribution is 2.38. The van der Waals surface area contributed by atoms with Gasteiger partial charge < -0.3 is 70.0 Å². The molecule has 0 aliphatic carbocycles. The average molecular weight is 620 g/mol. The number of carbonyl (C=O) groups is 3. The third kappa shape index (κ3) is 6.48. The highest BCUT2D eigenvalue weighted by atomic mass is 16.7. The largest absolute Gasteiger partial charge is 0.504 e. The SMILES string of the molecule is O=C(OCC1OC(O)C(OC(=O)c2cc(O)c(O)c(O)c2)CC1OC(=O)c1cc(O)c(O)c(O)c1)c1cc(O)c(O)c(O)c1. The number of benzene rings is 3. The van der Waals surface area contributed by atoms with Gasteiger partial charge in [0.05, 0.1) is 16.7 Å². The molecule has 1 fully saturated rings. The first-order chi connectivity index (χ1) is 20.7. The molecule has 0 amide bonds. The van der Waals surface area contributed by atoms with Crippen LogP contribution >= 0.6 is 0 Å². The van der Waals surface area contributed by atoms with Crippen LogP contribution < -0.4 is 0 Å². The van der Waals surface area contributed by atoms with Gasteiger partial charge in [-0.25, -0.2) is 14.4 Å². The second kappa shape index (κ2) is 12.2. The second-order valence-corrected chi connectivity index (χ2v) is 9.38. The maximum absolute atomic E-state index is 12.9. The van der Waals surface area contributed by atoms with Gasteiger partial charge in [0.1, 0.15) is 18.8 Å². The van der Waals surface area contributed by atoms with Crippen LogP contribution in [0.1, 0.15) is 37.5 Å². The first-order valence-corrected chi connectivity index (χ1v) is 12.3. The fourth-order valence-corrected chi connectivity index (χ4v) is 4.05. The van der Waals surface area contributed by atoms with E-state index in [4.69, 9.17) is 18.9 Å². The third-order valence-corrected chi connectivity index (χ3v) is 6.32. The Hall–Kier alpha value is -5.81. The van der Waals surface area contributed by atoms with Crippen molar-refractivity contribution in [2.24, 2.45) is 0 Å². The van der Waals surface area contributed by atoms with Gasteiger partial charge in [0, 0.05) is 6.42 Å². The normalized spacial score (nSPS) is 19.6. The van der Waals surface area contributed by atoms with E-state index in [1.54, 1.807) is 0 Å². The Morgan fingerprint density at radius 3 is 1.32 bits per heavy atom. The van der Waals surface area contributed by atoms with E-state index in [0.29, 0.717) is 0 Å². The van der Waals surface area contributed by atoms with Gasteiger partial charge in [0.15, 0.2) is 64.1 Å². The van der Waals surface area contributed by atoms with Crippen LogP contribution in [0.2, 0.25) is 0 Å². The molecule has 0 saturated carbocycles. The summed E-state index contributed by atoms with van der Waals surface area (Å²) in [5, 5.41) is 97.2. The minimum atomic E-state index is -1.93. The number of hydrogen-bond acceptors (Lipinski definition) is 17. The van der Waals surface area contributed by atoms with Crippen LogP contribution in [0.5, 0.6) is 51.7 Å². The van der Waals surface area contributed by atoms with Crippen molar-refractivity contribution in [1.82, 2.24) is 0 Å². The smallest absolute Gasteiger partial charge is 0.338 e. The zero-order valence-corrected chi connectivity index (χ0v) is 22.0. The molecule has 10 N–H and O–H groups in total. The zero-order valence-electron chi connectivity index (χ0n) is 22.0. The molecule has 17 heteroatoms. The van der Waals surface area contributed by atoms with E-state index in [1.807, 2.05) is 0 Å². The maximum Gasteiger partial charge on any atom is 0.338 e. The average Bonchev–Trinajstić information content (AvgIpc) is 2.96. The molecule has 1 heterocycles. The summed E-state index contributed by atoms with van der Waals surface area (Å²) >= 11 is 0. The Bertz CT molecular complexity index is 1550. The van der Waals surface area contributed by atoms with E-state index in [-0.39, 0.29) is 0 Å². The van der Waals surface area contributed by atoms with Gasteiger partial charge in [0.2, 0.25) is 0 Å². The van der Waals surface area contributed by atoms with E-state index in [1.165, 1.54) is 0 Å². The molecule has 234 valence electrons. The van der Waals surface area contributed by atoms with Crippen molar-refractivity contribution in [2.75, 3.05) is 6.61 Å². The van der Waals surface area contributed by atoms with Crippen LogP contribution in [0.4, 0.5) is 0 Å². The predicted octanol–water partition coefficient (Wildman–Crippen LogP) is 0.752. The van der Waals surface area contributed by atoms with Gasteiger partial charge in [-0.05, 0) is 36.4 Å². The summed E-state index contributed by atoms with van der Waals surface area (Å²) in [6.07, 6.45) is -6.99. The highest BCUT2D eigenvalue weighted by Gasteiger charge is 2.43. The van der Waals surface area contributed by atoms with E-state index < -0.39 is 124 Å². The molecule has 0 bridgehead atoms. The number of rotatable bonds is 7. The molecule has 3 aromatic rings. The van der Waals surface area contributed by atoms with Crippen molar-refractivity contribution < 1.29 is 84.4 Å². The summed E-state index contributed by atoms with van der Waals surface area (Å²) in [5.41, 5.74) is -1.33. The van der Waals surface area contributed by atoms with Crippen molar-refractivity contribution in [1.29, 1.82) is 0 Å². The fourth-order valence-electron chi connectivity index (χ4n) is 4.05. The standard InChI is InChI=1S/C27H24O17/c28-12-1-9(2-13(29)21(12)34)24(37)41-8-20-18(42-25(38)10-3-14(30)22(35)15(31)4-10)7-19(27(40)44-20)43-26(39)11-5-16(32)23(36)17(33)6-11/h1-6,18-20,27-36,40H,7-8H2. The Morgan fingerprint density at radius 2 is 0.932 bits per heavy atom. The van der Waals surface area contributed by atoms with Gasteiger partial charge in [-0.3, -0.25) is 0 Å².